The predicted octanol–water partition coefficient (Wildman–Crippen LogP) is 1.35. The van der Waals surface area contributed by atoms with Crippen LogP contribution in [-0.2, 0) is 13.1 Å². The number of imidazole rings is 1. The second-order valence-corrected chi connectivity index (χ2v) is 5.58. The SMILES string of the molecule is O[C@@H]1CC(Cn2ccnc2)C[C@H]1NCc1ncccc1F. The molecule has 1 saturated carbocycles. The molecule has 6 heteroatoms. The molecule has 0 aliphatic heterocycles. The monoisotopic (exact) mass is 290 g/mol. The van der Waals surface area contributed by atoms with Crippen molar-refractivity contribution in [1.29, 1.82) is 0 Å². The van der Waals surface area contributed by atoms with Gasteiger partial charge in [0.25, 0.3) is 0 Å². The summed E-state index contributed by atoms with van der Waals surface area (Å²) in [5, 5.41) is 13.4. The molecule has 2 N–H and O–H groups in total. The van der Waals surface area contributed by atoms with Crippen molar-refractivity contribution >= 4 is 0 Å². The van der Waals surface area contributed by atoms with Crippen LogP contribution in [0.4, 0.5) is 4.39 Å². The molecule has 1 aliphatic rings. The maximum Gasteiger partial charge on any atom is 0.146 e. The van der Waals surface area contributed by atoms with Crippen molar-refractivity contribution in [1.82, 2.24) is 19.9 Å². The van der Waals surface area contributed by atoms with Gasteiger partial charge in [0.15, 0.2) is 0 Å². The van der Waals surface area contributed by atoms with Gasteiger partial charge >= 0.3 is 0 Å². The number of aliphatic hydroxyl groups excluding tert-OH is 1. The summed E-state index contributed by atoms with van der Waals surface area (Å²) in [5.74, 6) is 0.0905. The van der Waals surface area contributed by atoms with Gasteiger partial charge in [0.05, 0.1) is 18.1 Å². The molecule has 3 atom stereocenters. The van der Waals surface area contributed by atoms with Crippen molar-refractivity contribution in [3.8, 4) is 0 Å². The number of aromatic nitrogens is 3. The summed E-state index contributed by atoms with van der Waals surface area (Å²) in [7, 11) is 0. The number of rotatable bonds is 5. The van der Waals surface area contributed by atoms with E-state index in [1.165, 1.54) is 6.07 Å². The fraction of sp³-hybridized carbons (Fsp3) is 0.467. The van der Waals surface area contributed by atoms with E-state index in [4.69, 9.17) is 0 Å². The van der Waals surface area contributed by atoms with Gasteiger partial charge in [0, 0.05) is 37.7 Å². The zero-order chi connectivity index (χ0) is 14.7. The van der Waals surface area contributed by atoms with Crippen molar-refractivity contribution in [3.05, 3.63) is 48.6 Å². The van der Waals surface area contributed by atoms with E-state index in [1.54, 1.807) is 24.8 Å². The van der Waals surface area contributed by atoms with Gasteiger partial charge in [-0.15, -0.1) is 0 Å². The average Bonchev–Trinajstić information content (AvgIpc) is 3.09. The number of nitrogens with zero attached hydrogens (tertiary/aromatic N) is 3. The molecule has 0 radical (unpaired) electrons. The van der Waals surface area contributed by atoms with Crippen molar-refractivity contribution in [2.75, 3.05) is 0 Å². The van der Waals surface area contributed by atoms with Crippen LogP contribution in [0.1, 0.15) is 18.5 Å². The van der Waals surface area contributed by atoms with Crippen LogP contribution in [0.15, 0.2) is 37.1 Å². The molecule has 2 aromatic rings. The molecule has 112 valence electrons. The van der Waals surface area contributed by atoms with Gasteiger partial charge in [-0.3, -0.25) is 4.98 Å². The highest BCUT2D eigenvalue weighted by Gasteiger charge is 2.32. The smallest absolute Gasteiger partial charge is 0.146 e. The van der Waals surface area contributed by atoms with Crippen LogP contribution in [0, 0.1) is 11.7 Å². The summed E-state index contributed by atoms with van der Waals surface area (Å²) in [5.41, 5.74) is 0.391. The van der Waals surface area contributed by atoms with Gasteiger partial charge in [-0.2, -0.15) is 0 Å². The van der Waals surface area contributed by atoms with E-state index in [1.807, 2.05) is 10.8 Å². The van der Waals surface area contributed by atoms with E-state index >= 15 is 0 Å². The molecule has 0 saturated heterocycles. The number of aliphatic hydroxyl groups is 1. The zero-order valence-corrected chi connectivity index (χ0v) is 11.7. The van der Waals surface area contributed by atoms with Gasteiger partial charge in [0.1, 0.15) is 5.82 Å². The predicted molar refractivity (Wildman–Crippen MR) is 75.8 cm³/mol. The normalized spacial score (nSPS) is 25.3. The Bertz CT molecular complexity index is 575. The van der Waals surface area contributed by atoms with Crippen molar-refractivity contribution < 1.29 is 9.50 Å². The summed E-state index contributed by atoms with van der Waals surface area (Å²) < 4.78 is 15.5. The Morgan fingerprint density at radius 2 is 2.29 bits per heavy atom. The lowest BCUT2D eigenvalue weighted by Crippen LogP contribution is -2.35. The maximum atomic E-state index is 13.5. The van der Waals surface area contributed by atoms with Gasteiger partial charge in [-0.05, 0) is 30.9 Å². The summed E-state index contributed by atoms with van der Waals surface area (Å²) in [4.78, 5) is 8.04. The van der Waals surface area contributed by atoms with Crippen molar-refractivity contribution in [2.24, 2.45) is 5.92 Å². The number of hydrogen-bond donors (Lipinski definition) is 2. The minimum atomic E-state index is -0.398. The molecule has 0 spiro atoms. The number of halogens is 1. The third-order valence-corrected chi connectivity index (χ3v) is 4.02. The molecule has 0 bridgehead atoms. The average molecular weight is 290 g/mol. The molecule has 1 unspecified atom stereocenters. The zero-order valence-electron chi connectivity index (χ0n) is 11.7. The molecule has 1 aliphatic carbocycles. The first-order valence-electron chi connectivity index (χ1n) is 7.19. The van der Waals surface area contributed by atoms with Crippen LogP contribution >= 0.6 is 0 Å². The second-order valence-electron chi connectivity index (χ2n) is 5.58. The van der Waals surface area contributed by atoms with Crippen molar-refractivity contribution in [2.45, 2.75) is 38.1 Å². The standard InChI is InChI=1S/C15H19FN4O/c16-12-2-1-3-18-14(12)8-19-13-6-11(7-15(13)21)9-20-5-4-17-10-20/h1-5,10-11,13,15,19,21H,6-9H2/t11?,13-,15-/m1/s1. The molecule has 2 heterocycles. The van der Waals surface area contributed by atoms with Gasteiger partial charge in [0.2, 0.25) is 0 Å². The second kappa shape index (κ2) is 6.32. The molecule has 1 fully saturated rings. The summed E-state index contributed by atoms with van der Waals surface area (Å²) >= 11 is 0. The quantitative estimate of drug-likeness (QED) is 0.872. The van der Waals surface area contributed by atoms with Crippen LogP contribution in [0.2, 0.25) is 0 Å². The van der Waals surface area contributed by atoms with Crippen LogP contribution in [0.3, 0.4) is 0 Å². The fourth-order valence-electron chi connectivity index (χ4n) is 2.96. The lowest BCUT2D eigenvalue weighted by atomic mass is 10.1. The van der Waals surface area contributed by atoms with E-state index < -0.39 is 6.10 Å². The van der Waals surface area contributed by atoms with Gasteiger partial charge in [-0.1, -0.05) is 0 Å². The lowest BCUT2D eigenvalue weighted by molar-refractivity contribution is 0.145. The first kappa shape index (κ1) is 14.2. The first-order chi connectivity index (χ1) is 10.2. The Morgan fingerprint density at radius 1 is 1.38 bits per heavy atom. The van der Waals surface area contributed by atoms with Crippen LogP contribution in [0.25, 0.3) is 0 Å². The molecular formula is C15H19FN4O. The van der Waals surface area contributed by atoms with Crippen molar-refractivity contribution in [3.63, 3.8) is 0 Å². The summed E-state index contributed by atoms with van der Waals surface area (Å²) in [6.45, 7) is 1.19. The minimum Gasteiger partial charge on any atom is -0.391 e. The van der Waals surface area contributed by atoms with E-state index in [0.717, 1.165) is 19.4 Å². The Balaban J connectivity index is 1.53. The van der Waals surface area contributed by atoms with Crippen LogP contribution in [0.5, 0.6) is 0 Å². The third-order valence-electron chi connectivity index (χ3n) is 4.02. The number of pyridine rings is 1. The molecule has 0 aromatic carbocycles. The van der Waals surface area contributed by atoms with E-state index in [0.29, 0.717) is 18.2 Å². The minimum absolute atomic E-state index is 0.0140. The van der Waals surface area contributed by atoms with Gasteiger partial charge in [-0.25, -0.2) is 9.37 Å². The highest BCUT2D eigenvalue weighted by atomic mass is 19.1. The molecule has 5 nitrogen and oxygen atoms in total. The highest BCUT2D eigenvalue weighted by molar-refractivity contribution is 5.07. The first-order valence-corrected chi connectivity index (χ1v) is 7.19. The molecule has 3 rings (SSSR count). The Kier molecular flexibility index (Phi) is 4.26. The topological polar surface area (TPSA) is 63.0 Å². The van der Waals surface area contributed by atoms with E-state index in [9.17, 15) is 9.50 Å². The third kappa shape index (κ3) is 3.46. The summed E-state index contributed by atoms with van der Waals surface area (Å²) in [6.07, 6.45) is 8.27. The fourth-order valence-corrected chi connectivity index (χ4v) is 2.96. The number of nitrogens with one attached hydrogen (secondary N) is 1. The Morgan fingerprint density at radius 3 is 3.05 bits per heavy atom. The van der Waals surface area contributed by atoms with E-state index in [2.05, 4.69) is 15.3 Å². The number of hydrogen-bond acceptors (Lipinski definition) is 4. The van der Waals surface area contributed by atoms with Gasteiger partial charge < -0.3 is 15.0 Å². The van der Waals surface area contributed by atoms with Crippen LogP contribution < -0.4 is 5.32 Å². The Hall–Kier alpha value is -1.79. The lowest BCUT2D eigenvalue weighted by Gasteiger charge is -2.16. The van der Waals surface area contributed by atoms with E-state index in [-0.39, 0.29) is 11.9 Å². The molecule has 0 amide bonds. The highest BCUT2D eigenvalue weighted by Crippen LogP contribution is 2.27. The summed E-state index contributed by atoms with van der Waals surface area (Å²) in [6, 6.07) is 2.96. The largest absolute Gasteiger partial charge is 0.391 e. The molecule has 2 aromatic heterocycles. The Labute approximate surface area is 122 Å². The molecular weight excluding hydrogens is 271 g/mol. The van der Waals surface area contributed by atoms with Crippen LogP contribution in [-0.4, -0.2) is 31.8 Å². The maximum absolute atomic E-state index is 13.5. The molecule has 21 heavy (non-hydrogen) atoms.